The van der Waals surface area contributed by atoms with Gasteiger partial charge in [0.25, 0.3) is 0 Å². The molecule has 4 aromatic carbocycles. The minimum absolute atomic E-state index is 0.0422. The normalized spacial score (nSPS) is 14.4. The zero-order valence-corrected chi connectivity index (χ0v) is 22.8. The van der Waals surface area contributed by atoms with Gasteiger partial charge in [0.2, 0.25) is 0 Å². The van der Waals surface area contributed by atoms with Gasteiger partial charge in [-0.25, -0.2) is 0 Å². The Morgan fingerprint density at radius 2 is 1.49 bits per heavy atom. The molecule has 39 heavy (non-hydrogen) atoms. The van der Waals surface area contributed by atoms with Crippen molar-refractivity contribution < 1.29 is 24.1 Å². The van der Waals surface area contributed by atoms with Crippen LogP contribution in [0.1, 0.15) is 17.2 Å². The molecule has 200 valence electrons. The van der Waals surface area contributed by atoms with E-state index >= 15 is 0 Å². The van der Waals surface area contributed by atoms with Crippen molar-refractivity contribution in [3.63, 3.8) is 0 Å². The molecule has 1 heterocycles. The third kappa shape index (κ3) is 4.96. The Balaban J connectivity index is 1.59. The zero-order chi connectivity index (χ0) is 27.5. The smallest absolute Gasteiger partial charge is 0.193 e. The van der Waals surface area contributed by atoms with Crippen molar-refractivity contribution in [2.45, 2.75) is 6.04 Å². The fourth-order valence-electron chi connectivity index (χ4n) is 4.70. The molecule has 5 rings (SSSR count). The summed E-state index contributed by atoms with van der Waals surface area (Å²) in [6.45, 7) is 0. The second kappa shape index (κ2) is 11.0. The number of anilines is 1. The first-order valence-corrected chi connectivity index (χ1v) is 12.6. The van der Waals surface area contributed by atoms with E-state index in [0.717, 1.165) is 33.5 Å². The minimum Gasteiger partial charge on any atom is -0.507 e. The van der Waals surface area contributed by atoms with E-state index in [1.54, 1.807) is 27.4 Å². The fraction of sp³-hybridized carbons (Fsp3) is 0.167. The molecule has 0 spiro atoms. The number of methoxy groups -OCH3 is 4. The summed E-state index contributed by atoms with van der Waals surface area (Å²) in [7, 11) is 6.37. The zero-order valence-electron chi connectivity index (χ0n) is 22.0. The number of rotatable bonds is 7. The van der Waals surface area contributed by atoms with Crippen LogP contribution in [0.5, 0.6) is 28.7 Å². The molecule has 0 aromatic heterocycles. The van der Waals surface area contributed by atoms with Crippen molar-refractivity contribution in [2.24, 2.45) is 0 Å². The van der Waals surface area contributed by atoms with Gasteiger partial charge in [-0.15, -0.1) is 0 Å². The van der Waals surface area contributed by atoms with Gasteiger partial charge in [0.15, 0.2) is 16.6 Å². The van der Waals surface area contributed by atoms with E-state index in [0.29, 0.717) is 27.9 Å². The van der Waals surface area contributed by atoms with Crippen LogP contribution in [0.15, 0.2) is 78.9 Å². The SMILES string of the molecule is COc1ccc(NC(=S)N2NC(c3cc(OC)c(OC)cc3O)=CC2c2ccc(OC)c3ccccc23)cc1. The number of nitrogens with zero attached hydrogens (tertiary/aromatic N) is 1. The maximum absolute atomic E-state index is 10.9. The van der Waals surface area contributed by atoms with E-state index in [2.05, 4.69) is 16.8 Å². The van der Waals surface area contributed by atoms with Gasteiger partial charge in [-0.05, 0) is 65.6 Å². The largest absolute Gasteiger partial charge is 0.507 e. The number of hydrogen-bond donors (Lipinski definition) is 3. The number of aromatic hydroxyl groups is 1. The van der Waals surface area contributed by atoms with Crippen LogP contribution in [-0.4, -0.2) is 43.7 Å². The number of phenolic OH excluding ortho intramolecular Hbond substituents is 1. The summed E-state index contributed by atoms with van der Waals surface area (Å²) in [6.07, 6.45) is 2.03. The quantitative estimate of drug-likeness (QED) is 0.248. The minimum atomic E-state index is -0.318. The van der Waals surface area contributed by atoms with E-state index < -0.39 is 0 Å². The Bertz CT molecular complexity index is 1550. The lowest BCUT2D eigenvalue weighted by atomic mass is 9.97. The van der Waals surface area contributed by atoms with Crippen molar-refractivity contribution in [2.75, 3.05) is 33.8 Å². The second-order valence-electron chi connectivity index (χ2n) is 8.79. The van der Waals surface area contributed by atoms with Crippen molar-refractivity contribution in [1.82, 2.24) is 10.4 Å². The summed E-state index contributed by atoms with van der Waals surface area (Å²) in [6, 6.07) is 22.5. The Hall–Kier alpha value is -4.63. The van der Waals surface area contributed by atoms with Gasteiger partial charge in [-0.1, -0.05) is 30.3 Å². The molecule has 0 bridgehead atoms. The molecule has 1 unspecified atom stereocenters. The van der Waals surface area contributed by atoms with E-state index in [1.165, 1.54) is 13.2 Å². The Morgan fingerprint density at radius 1 is 0.821 bits per heavy atom. The first-order valence-electron chi connectivity index (χ1n) is 12.2. The Morgan fingerprint density at radius 3 is 2.15 bits per heavy atom. The molecule has 0 fully saturated rings. The number of phenols is 1. The van der Waals surface area contributed by atoms with Crippen molar-refractivity contribution in [3.05, 3.63) is 90.0 Å². The van der Waals surface area contributed by atoms with Gasteiger partial charge in [-0.2, -0.15) is 0 Å². The average Bonchev–Trinajstić information content (AvgIpc) is 3.42. The molecule has 4 aromatic rings. The monoisotopic (exact) mass is 543 g/mol. The van der Waals surface area contributed by atoms with Crippen LogP contribution in [0, 0.1) is 0 Å². The lowest BCUT2D eigenvalue weighted by Gasteiger charge is -2.29. The van der Waals surface area contributed by atoms with Crippen LogP contribution < -0.4 is 29.7 Å². The molecule has 8 nitrogen and oxygen atoms in total. The number of benzene rings is 4. The van der Waals surface area contributed by atoms with Gasteiger partial charge in [0, 0.05) is 22.7 Å². The Kier molecular flexibility index (Phi) is 7.33. The van der Waals surface area contributed by atoms with E-state index in [4.69, 9.17) is 31.2 Å². The Labute approximate surface area is 232 Å². The van der Waals surface area contributed by atoms with Gasteiger partial charge in [0.05, 0.1) is 40.2 Å². The predicted molar refractivity (Wildman–Crippen MR) is 157 cm³/mol. The summed E-state index contributed by atoms with van der Waals surface area (Å²) in [5.41, 5.74) is 6.43. The molecule has 1 aliphatic heterocycles. The number of hydrogen-bond acceptors (Lipinski definition) is 7. The maximum atomic E-state index is 10.9. The molecule has 0 aliphatic carbocycles. The molecule has 0 amide bonds. The third-order valence-corrected chi connectivity index (χ3v) is 6.95. The number of thiocarbonyl (C=S) groups is 1. The summed E-state index contributed by atoms with van der Waals surface area (Å²) in [5.74, 6) is 2.51. The summed E-state index contributed by atoms with van der Waals surface area (Å²) >= 11 is 5.89. The molecule has 0 saturated heterocycles. The van der Waals surface area contributed by atoms with Crippen LogP contribution in [0.3, 0.4) is 0 Å². The van der Waals surface area contributed by atoms with E-state index in [-0.39, 0.29) is 11.8 Å². The van der Waals surface area contributed by atoms with Gasteiger partial charge < -0.3 is 29.4 Å². The molecule has 0 radical (unpaired) electrons. The highest BCUT2D eigenvalue weighted by atomic mass is 32.1. The summed E-state index contributed by atoms with van der Waals surface area (Å²) in [4.78, 5) is 0. The van der Waals surface area contributed by atoms with Gasteiger partial charge in [-0.3, -0.25) is 10.4 Å². The third-order valence-electron chi connectivity index (χ3n) is 6.65. The lowest BCUT2D eigenvalue weighted by Crippen LogP contribution is -2.42. The molecule has 0 saturated carbocycles. The summed E-state index contributed by atoms with van der Waals surface area (Å²) in [5, 5.41) is 18.5. The van der Waals surface area contributed by atoms with Crippen LogP contribution >= 0.6 is 12.2 Å². The molecule has 1 aliphatic rings. The maximum Gasteiger partial charge on any atom is 0.193 e. The summed E-state index contributed by atoms with van der Waals surface area (Å²) < 4.78 is 21.7. The average molecular weight is 544 g/mol. The van der Waals surface area contributed by atoms with Gasteiger partial charge >= 0.3 is 0 Å². The van der Waals surface area contributed by atoms with Crippen LogP contribution in [0.25, 0.3) is 16.5 Å². The molecule has 9 heteroatoms. The van der Waals surface area contributed by atoms with E-state index in [1.807, 2.05) is 65.7 Å². The second-order valence-corrected chi connectivity index (χ2v) is 9.18. The molecule has 3 N–H and O–H groups in total. The van der Waals surface area contributed by atoms with E-state index in [9.17, 15) is 5.11 Å². The topological polar surface area (TPSA) is 84.5 Å². The lowest BCUT2D eigenvalue weighted by molar-refractivity contribution is 0.346. The first-order chi connectivity index (χ1) is 19.0. The molecule has 1 atom stereocenters. The number of hydrazine groups is 1. The fourth-order valence-corrected chi connectivity index (χ4v) is 4.97. The highest BCUT2D eigenvalue weighted by Gasteiger charge is 2.32. The first kappa shape index (κ1) is 26.0. The highest BCUT2D eigenvalue weighted by molar-refractivity contribution is 7.80. The van der Waals surface area contributed by atoms with Crippen LogP contribution in [0.2, 0.25) is 0 Å². The standard InChI is InChI=1S/C30H29N3O5S/c1-35-19-11-9-18(10-12-19)31-30(39)33-25(21-13-14-27(36-2)22-8-6-5-7-20(21)22)16-24(32-33)23-15-28(37-3)29(38-4)17-26(23)34/h5-17,25,32,34H,1-4H3,(H,31,39). The van der Waals surface area contributed by atoms with Crippen molar-refractivity contribution >= 4 is 39.5 Å². The van der Waals surface area contributed by atoms with Crippen molar-refractivity contribution in [3.8, 4) is 28.7 Å². The predicted octanol–water partition coefficient (Wildman–Crippen LogP) is 5.88. The van der Waals surface area contributed by atoms with Gasteiger partial charge in [0.1, 0.15) is 17.2 Å². The number of ether oxygens (including phenoxy) is 4. The van der Waals surface area contributed by atoms with Crippen LogP contribution in [0.4, 0.5) is 5.69 Å². The molecular formula is C30H29N3O5S. The highest BCUT2D eigenvalue weighted by Crippen LogP contribution is 2.42. The molecular weight excluding hydrogens is 514 g/mol. The van der Waals surface area contributed by atoms with Crippen molar-refractivity contribution in [1.29, 1.82) is 0 Å². The number of nitrogens with one attached hydrogen (secondary N) is 2. The number of fused-ring (bicyclic) bond motifs is 1. The van der Waals surface area contributed by atoms with Crippen LogP contribution in [-0.2, 0) is 0 Å².